The van der Waals surface area contributed by atoms with Crippen LogP contribution in [0, 0.1) is 11.8 Å². The van der Waals surface area contributed by atoms with Crippen LogP contribution in [0.5, 0.6) is 0 Å². The fourth-order valence-electron chi connectivity index (χ4n) is 6.75. The summed E-state index contributed by atoms with van der Waals surface area (Å²) < 4.78 is 0. The molecule has 0 spiro atoms. The standard InChI is InChI=1S/C40H83N.ClH/c1-5-9-13-17-21-23-27-31-35-39(33-29-25-19-15-11-7-3)37-41-38-40(34-30-26-20-16-12-8-4)36-32-28-24-22-18-14-10-6-2;/h39-41H,5-38H2,1-4H3;1H. The molecule has 0 aromatic heterocycles. The van der Waals surface area contributed by atoms with Crippen molar-refractivity contribution in [2.45, 2.75) is 233 Å². The lowest BCUT2D eigenvalue weighted by molar-refractivity contribution is 0.341. The van der Waals surface area contributed by atoms with Crippen LogP contribution in [0.2, 0.25) is 0 Å². The van der Waals surface area contributed by atoms with Crippen LogP contribution < -0.4 is 5.32 Å². The second-order valence-electron chi connectivity index (χ2n) is 14.0. The van der Waals surface area contributed by atoms with E-state index >= 15 is 0 Å². The van der Waals surface area contributed by atoms with E-state index in [1.54, 1.807) is 0 Å². The van der Waals surface area contributed by atoms with Crippen molar-refractivity contribution in [1.82, 2.24) is 5.32 Å². The van der Waals surface area contributed by atoms with Crippen molar-refractivity contribution in [3.8, 4) is 0 Å². The molecule has 0 heterocycles. The molecular weight excluding hydrogens is 530 g/mol. The van der Waals surface area contributed by atoms with E-state index in [-0.39, 0.29) is 12.4 Å². The highest BCUT2D eigenvalue weighted by atomic mass is 35.5. The maximum atomic E-state index is 4.06. The van der Waals surface area contributed by atoms with Gasteiger partial charge in [-0.1, -0.05) is 207 Å². The Bertz CT molecular complexity index is 413. The monoisotopic (exact) mass is 614 g/mol. The maximum absolute atomic E-state index is 4.06. The summed E-state index contributed by atoms with van der Waals surface area (Å²) in [4.78, 5) is 0. The Balaban J connectivity index is 0. The van der Waals surface area contributed by atoms with Crippen molar-refractivity contribution >= 4 is 12.4 Å². The molecule has 0 aliphatic heterocycles. The third kappa shape index (κ3) is 34.7. The van der Waals surface area contributed by atoms with Gasteiger partial charge in [-0.2, -0.15) is 0 Å². The highest BCUT2D eigenvalue weighted by Crippen LogP contribution is 2.22. The molecule has 1 nitrogen and oxygen atoms in total. The molecule has 0 aromatic rings. The molecule has 0 rings (SSSR count). The van der Waals surface area contributed by atoms with Crippen LogP contribution in [0.15, 0.2) is 0 Å². The van der Waals surface area contributed by atoms with Crippen molar-refractivity contribution in [3.63, 3.8) is 0 Å². The number of hydrogen-bond donors (Lipinski definition) is 1. The van der Waals surface area contributed by atoms with E-state index in [1.807, 2.05) is 0 Å². The van der Waals surface area contributed by atoms with Crippen LogP contribution in [0.1, 0.15) is 233 Å². The highest BCUT2D eigenvalue weighted by Gasteiger charge is 2.12. The molecule has 0 radical (unpaired) electrons. The van der Waals surface area contributed by atoms with Crippen molar-refractivity contribution in [3.05, 3.63) is 0 Å². The second-order valence-corrected chi connectivity index (χ2v) is 14.0. The van der Waals surface area contributed by atoms with E-state index in [0.29, 0.717) is 0 Å². The number of nitrogens with one attached hydrogen (secondary N) is 1. The van der Waals surface area contributed by atoms with Crippen LogP contribution in [-0.2, 0) is 0 Å². The zero-order chi connectivity index (χ0) is 29.9. The topological polar surface area (TPSA) is 12.0 Å². The predicted octanol–water partition coefficient (Wildman–Crippen LogP) is 14.8. The molecule has 0 fully saturated rings. The van der Waals surface area contributed by atoms with Gasteiger partial charge in [0.15, 0.2) is 0 Å². The smallest absolute Gasteiger partial charge is 0.00204 e. The Morgan fingerprint density at radius 3 is 0.690 bits per heavy atom. The average Bonchev–Trinajstić information content (AvgIpc) is 2.98. The highest BCUT2D eigenvalue weighted by molar-refractivity contribution is 5.85. The van der Waals surface area contributed by atoms with Crippen LogP contribution >= 0.6 is 12.4 Å². The number of hydrogen-bond acceptors (Lipinski definition) is 1. The van der Waals surface area contributed by atoms with E-state index < -0.39 is 0 Å². The van der Waals surface area contributed by atoms with E-state index in [1.165, 1.54) is 219 Å². The van der Waals surface area contributed by atoms with Gasteiger partial charge in [0.2, 0.25) is 0 Å². The maximum Gasteiger partial charge on any atom is -0.00204 e. The number of rotatable bonds is 36. The first-order valence-electron chi connectivity index (χ1n) is 20.0. The Labute approximate surface area is 275 Å². The Hall–Kier alpha value is 0.250. The van der Waals surface area contributed by atoms with Gasteiger partial charge < -0.3 is 5.32 Å². The summed E-state index contributed by atoms with van der Waals surface area (Å²) >= 11 is 0. The van der Waals surface area contributed by atoms with Gasteiger partial charge in [0.05, 0.1) is 0 Å². The minimum absolute atomic E-state index is 0. The van der Waals surface area contributed by atoms with Gasteiger partial charge in [-0.05, 0) is 50.6 Å². The third-order valence-corrected chi connectivity index (χ3v) is 9.73. The van der Waals surface area contributed by atoms with Crippen LogP contribution in [0.3, 0.4) is 0 Å². The third-order valence-electron chi connectivity index (χ3n) is 9.73. The van der Waals surface area contributed by atoms with Crippen LogP contribution in [0.4, 0.5) is 0 Å². The van der Waals surface area contributed by atoms with Gasteiger partial charge in [-0.3, -0.25) is 0 Å². The molecule has 1 N–H and O–H groups in total. The molecule has 2 heteroatoms. The summed E-state index contributed by atoms with van der Waals surface area (Å²) in [5.74, 6) is 1.83. The first-order valence-corrected chi connectivity index (χ1v) is 20.0. The molecular formula is C40H84ClN. The fraction of sp³-hybridized carbons (Fsp3) is 1.00. The van der Waals surface area contributed by atoms with Crippen molar-refractivity contribution in [2.75, 3.05) is 13.1 Å². The quantitative estimate of drug-likeness (QED) is 0.0693. The molecule has 0 amide bonds. The molecule has 2 unspecified atom stereocenters. The molecule has 0 aromatic carbocycles. The van der Waals surface area contributed by atoms with Crippen molar-refractivity contribution in [2.24, 2.45) is 11.8 Å². The molecule has 42 heavy (non-hydrogen) atoms. The first-order chi connectivity index (χ1) is 20.3. The summed E-state index contributed by atoms with van der Waals surface area (Å²) in [6.07, 6.45) is 46.4. The molecule has 0 bridgehead atoms. The normalized spacial score (nSPS) is 12.9. The predicted molar refractivity (Wildman–Crippen MR) is 198 cm³/mol. The summed E-state index contributed by atoms with van der Waals surface area (Å²) in [7, 11) is 0. The van der Waals surface area contributed by atoms with Crippen molar-refractivity contribution in [1.29, 1.82) is 0 Å². The largest absolute Gasteiger partial charge is 0.316 e. The van der Waals surface area contributed by atoms with Gasteiger partial charge in [0.1, 0.15) is 0 Å². The molecule has 0 saturated carbocycles. The van der Waals surface area contributed by atoms with E-state index in [9.17, 15) is 0 Å². The summed E-state index contributed by atoms with van der Waals surface area (Å²) in [6.45, 7) is 11.9. The second kappa shape index (κ2) is 39.3. The number of halogens is 1. The van der Waals surface area contributed by atoms with E-state index in [2.05, 4.69) is 33.0 Å². The molecule has 256 valence electrons. The molecule has 2 atom stereocenters. The zero-order valence-corrected chi connectivity index (χ0v) is 30.9. The zero-order valence-electron chi connectivity index (χ0n) is 30.1. The molecule has 0 aliphatic rings. The minimum atomic E-state index is 0. The van der Waals surface area contributed by atoms with Gasteiger partial charge in [-0.25, -0.2) is 0 Å². The Morgan fingerprint density at radius 1 is 0.286 bits per heavy atom. The summed E-state index contributed by atoms with van der Waals surface area (Å²) in [5.41, 5.74) is 0. The first kappa shape index (κ1) is 44.4. The van der Waals surface area contributed by atoms with E-state index in [4.69, 9.17) is 0 Å². The molecule has 0 saturated heterocycles. The van der Waals surface area contributed by atoms with Crippen LogP contribution in [0.25, 0.3) is 0 Å². The average molecular weight is 615 g/mol. The van der Waals surface area contributed by atoms with Gasteiger partial charge in [0.25, 0.3) is 0 Å². The fourth-order valence-corrected chi connectivity index (χ4v) is 6.75. The van der Waals surface area contributed by atoms with E-state index in [0.717, 1.165) is 11.8 Å². The number of unbranched alkanes of at least 4 members (excludes halogenated alkanes) is 24. The molecule has 0 aliphatic carbocycles. The lowest BCUT2D eigenvalue weighted by Gasteiger charge is -2.22. The Morgan fingerprint density at radius 2 is 0.476 bits per heavy atom. The summed E-state index contributed by atoms with van der Waals surface area (Å²) in [6, 6.07) is 0. The lowest BCUT2D eigenvalue weighted by Crippen LogP contribution is -2.28. The van der Waals surface area contributed by atoms with Gasteiger partial charge >= 0.3 is 0 Å². The minimum Gasteiger partial charge on any atom is -0.316 e. The van der Waals surface area contributed by atoms with Gasteiger partial charge in [0, 0.05) is 0 Å². The van der Waals surface area contributed by atoms with Gasteiger partial charge in [-0.15, -0.1) is 12.4 Å². The SMILES string of the molecule is CCCCCCCCCCC(CCCCCCCC)CNCC(CCCCCCCC)CCCCCCCCCC.Cl. The Kier molecular flexibility index (Phi) is 41.5. The van der Waals surface area contributed by atoms with Crippen LogP contribution in [-0.4, -0.2) is 13.1 Å². The van der Waals surface area contributed by atoms with Crippen molar-refractivity contribution < 1.29 is 0 Å². The lowest BCUT2D eigenvalue weighted by atomic mass is 9.92. The summed E-state index contributed by atoms with van der Waals surface area (Å²) in [5, 5.41) is 4.06.